The van der Waals surface area contributed by atoms with Crippen LogP contribution in [0.1, 0.15) is 24.2 Å². The lowest BCUT2D eigenvalue weighted by Gasteiger charge is -2.10. The summed E-state index contributed by atoms with van der Waals surface area (Å²) in [4.78, 5) is 7.59. The van der Waals surface area contributed by atoms with E-state index in [9.17, 15) is 13.2 Å². The molecule has 104 valence electrons. The largest absolute Gasteiger partial charge is 0.433 e. The molecule has 2 aromatic rings. The smallest absolute Gasteiger partial charge is 0.320 e. The minimum atomic E-state index is -4.45. The van der Waals surface area contributed by atoms with Gasteiger partial charge in [-0.1, -0.05) is 6.07 Å². The first-order chi connectivity index (χ1) is 9.38. The van der Waals surface area contributed by atoms with Crippen LogP contribution in [0.25, 0.3) is 11.1 Å². The molecule has 0 aromatic carbocycles. The fourth-order valence-corrected chi connectivity index (χ4v) is 2.02. The third kappa shape index (κ3) is 2.38. The molecule has 0 amide bonds. The van der Waals surface area contributed by atoms with E-state index in [2.05, 4.69) is 9.97 Å². The Balaban J connectivity index is 1.93. The Bertz CT molecular complexity index is 631. The maximum Gasteiger partial charge on any atom is 0.433 e. The van der Waals surface area contributed by atoms with Crippen molar-refractivity contribution in [3.05, 3.63) is 48.0 Å². The third-order valence-electron chi connectivity index (χ3n) is 3.45. The summed E-state index contributed by atoms with van der Waals surface area (Å²) >= 11 is 0. The van der Waals surface area contributed by atoms with E-state index in [1.54, 1.807) is 18.3 Å². The van der Waals surface area contributed by atoms with Gasteiger partial charge in [0.1, 0.15) is 5.69 Å². The van der Waals surface area contributed by atoms with Crippen LogP contribution < -0.4 is 5.73 Å². The predicted octanol–water partition coefficient (Wildman–Crippen LogP) is 3.11. The fraction of sp³-hybridized carbons (Fsp3) is 0.286. The van der Waals surface area contributed by atoms with Crippen molar-refractivity contribution in [3.8, 4) is 11.1 Å². The van der Waals surface area contributed by atoms with Gasteiger partial charge in [-0.25, -0.2) is 0 Å². The summed E-state index contributed by atoms with van der Waals surface area (Å²) in [5.74, 6) is 0. The highest BCUT2D eigenvalue weighted by molar-refractivity contribution is 5.62. The van der Waals surface area contributed by atoms with E-state index in [1.165, 1.54) is 6.07 Å². The first-order valence-corrected chi connectivity index (χ1v) is 6.18. The summed E-state index contributed by atoms with van der Waals surface area (Å²) in [5.41, 5.74) is 6.61. The van der Waals surface area contributed by atoms with Gasteiger partial charge >= 0.3 is 6.18 Å². The number of nitrogens with zero attached hydrogens (tertiary/aromatic N) is 2. The topological polar surface area (TPSA) is 51.8 Å². The summed E-state index contributed by atoms with van der Waals surface area (Å²) in [6.45, 7) is 0. The molecule has 6 heteroatoms. The SMILES string of the molecule is NC1(c2ccc(-c3ccnc(C(F)(F)F)c3)cn2)CC1. The first kappa shape index (κ1) is 13.1. The molecular formula is C14H12F3N3. The van der Waals surface area contributed by atoms with Gasteiger partial charge < -0.3 is 5.73 Å². The van der Waals surface area contributed by atoms with Crippen LogP contribution >= 0.6 is 0 Å². The average Bonchev–Trinajstić information content (AvgIpc) is 3.18. The number of aromatic nitrogens is 2. The Morgan fingerprint density at radius 2 is 1.80 bits per heavy atom. The number of pyridine rings is 2. The molecule has 2 heterocycles. The Morgan fingerprint density at radius 1 is 1.05 bits per heavy atom. The van der Waals surface area contributed by atoms with Crippen LogP contribution in [0.5, 0.6) is 0 Å². The molecule has 3 nitrogen and oxygen atoms in total. The summed E-state index contributed by atoms with van der Waals surface area (Å²) in [6.07, 6.45) is 0.0491. The van der Waals surface area contributed by atoms with E-state index in [-0.39, 0.29) is 5.54 Å². The van der Waals surface area contributed by atoms with Crippen molar-refractivity contribution in [3.63, 3.8) is 0 Å². The van der Waals surface area contributed by atoms with E-state index >= 15 is 0 Å². The van der Waals surface area contributed by atoms with Gasteiger partial charge in [0.15, 0.2) is 0 Å². The predicted molar refractivity (Wildman–Crippen MR) is 67.6 cm³/mol. The second kappa shape index (κ2) is 4.28. The summed E-state index contributed by atoms with van der Waals surface area (Å²) in [6, 6.07) is 6.06. The number of alkyl halides is 3. The zero-order chi connectivity index (χ0) is 14.4. The monoisotopic (exact) mass is 279 g/mol. The molecule has 0 atom stereocenters. The quantitative estimate of drug-likeness (QED) is 0.919. The molecule has 1 aliphatic carbocycles. The third-order valence-corrected chi connectivity index (χ3v) is 3.45. The fourth-order valence-electron chi connectivity index (χ4n) is 2.02. The minimum absolute atomic E-state index is 0.339. The normalized spacial score (nSPS) is 17.0. The molecule has 1 saturated carbocycles. The highest BCUT2D eigenvalue weighted by Crippen LogP contribution is 2.41. The zero-order valence-electron chi connectivity index (χ0n) is 10.5. The number of nitrogens with two attached hydrogens (primary N) is 1. The maximum absolute atomic E-state index is 12.6. The van der Waals surface area contributed by atoms with Crippen LogP contribution in [0.2, 0.25) is 0 Å². The van der Waals surface area contributed by atoms with E-state index in [0.717, 1.165) is 30.8 Å². The molecule has 2 aromatic heterocycles. The van der Waals surface area contributed by atoms with Crippen LogP contribution in [0.15, 0.2) is 36.7 Å². The van der Waals surface area contributed by atoms with Crippen molar-refractivity contribution in [2.75, 3.05) is 0 Å². The van der Waals surface area contributed by atoms with Crippen LogP contribution in [0.4, 0.5) is 13.2 Å². The highest BCUT2D eigenvalue weighted by Gasteiger charge is 2.41. The van der Waals surface area contributed by atoms with E-state index in [0.29, 0.717) is 11.1 Å². The Hall–Kier alpha value is -1.95. The second-order valence-electron chi connectivity index (χ2n) is 5.02. The van der Waals surface area contributed by atoms with Gasteiger partial charge in [0.05, 0.1) is 11.2 Å². The van der Waals surface area contributed by atoms with Crippen LogP contribution in [-0.4, -0.2) is 9.97 Å². The van der Waals surface area contributed by atoms with Crippen LogP contribution in [-0.2, 0) is 11.7 Å². The Kier molecular flexibility index (Phi) is 2.79. The van der Waals surface area contributed by atoms with Gasteiger partial charge in [-0.05, 0) is 36.6 Å². The van der Waals surface area contributed by atoms with Crippen molar-refractivity contribution >= 4 is 0 Å². The lowest BCUT2D eigenvalue weighted by atomic mass is 10.1. The molecule has 1 aliphatic rings. The van der Waals surface area contributed by atoms with Crippen molar-refractivity contribution in [1.29, 1.82) is 0 Å². The molecule has 0 bridgehead atoms. The van der Waals surface area contributed by atoms with E-state index in [4.69, 9.17) is 5.73 Å². The Morgan fingerprint density at radius 3 is 2.35 bits per heavy atom. The number of halogens is 3. The van der Waals surface area contributed by atoms with E-state index < -0.39 is 11.9 Å². The molecule has 0 saturated heterocycles. The summed E-state index contributed by atoms with van der Waals surface area (Å²) < 4.78 is 37.9. The standard InChI is InChI=1S/C14H12F3N3/c15-14(16,17)12-7-9(3-6-19-12)10-1-2-11(20-8-10)13(18)4-5-13/h1-3,6-8H,4-5,18H2. The lowest BCUT2D eigenvalue weighted by molar-refractivity contribution is -0.141. The van der Waals surface area contributed by atoms with Crippen LogP contribution in [0.3, 0.4) is 0 Å². The van der Waals surface area contributed by atoms with Gasteiger partial charge in [-0.15, -0.1) is 0 Å². The lowest BCUT2D eigenvalue weighted by Crippen LogP contribution is -2.19. The average molecular weight is 279 g/mol. The number of hydrogen-bond acceptors (Lipinski definition) is 3. The molecule has 0 radical (unpaired) electrons. The molecule has 2 N–H and O–H groups in total. The highest BCUT2D eigenvalue weighted by atomic mass is 19.4. The molecule has 0 spiro atoms. The van der Waals surface area contributed by atoms with Crippen molar-refractivity contribution < 1.29 is 13.2 Å². The zero-order valence-corrected chi connectivity index (χ0v) is 10.5. The van der Waals surface area contributed by atoms with Gasteiger partial charge in [-0.2, -0.15) is 13.2 Å². The van der Waals surface area contributed by atoms with Gasteiger partial charge in [0.2, 0.25) is 0 Å². The molecule has 0 aliphatic heterocycles. The second-order valence-corrected chi connectivity index (χ2v) is 5.02. The number of rotatable bonds is 2. The first-order valence-electron chi connectivity index (χ1n) is 6.18. The minimum Gasteiger partial charge on any atom is -0.320 e. The molecule has 3 rings (SSSR count). The summed E-state index contributed by atoms with van der Waals surface area (Å²) in [7, 11) is 0. The Labute approximate surface area is 113 Å². The van der Waals surface area contributed by atoms with Gasteiger partial charge in [0, 0.05) is 18.0 Å². The number of hydrogen-bond donors (Lipinski definition) is 1. The van der Waals surface area contributed by atoms with Crippen LogP contribution in [0, 0.1) is 0 Å². The molecular weight excluding hydrogens is 267 g/mol. The van der Waals surface area contributed by atoms with Crippen molar-refractivity contribution in [2.45, 2.75) is 24.6 Å². The van der Waals surface area contributed by atoms with Crippen molar-refractivity contribution in [2.24, 2.45) is 5.73 Å². The molecule has 20 heavy (non-hydrogen) atoms. The molecule has 1 fully saturated rings. The molecule has 0 unspecified atom stereocenters. The van der Waals surface area contributed by atoms with Gasteiger partial charge in [-0.3, -0.25) is 9.97 Å². The maximum atomic E-state index is 12.6. The van der Waals surface area contributed by atoms with Crippen molar-refractivity contribution in [1.82, 2.24) is 9.97 Å². The summed E-state index contributed by atoms with van der Waals surface area (Å²) in [5, 5.41) is 0. The van der Waals surface area contributed by atoms with E-state index in [1.807, 2.05) is 0 Å². The van der Waals surface area contributed by atoms with Gasteiger partial charge in [0.25, 0.3) is 0 Å².